The summed E-state index contributed by atoms with van der Waals surface area (Å²) in [6, 6.07) is 37.3. The number of hydrogen-bond donors (Lipinski definition) is 0. The van der Waals surface area contributed by atoms with E-state index in [-0.39, 0.29) is 11.9 Å². The van der Waals surface area contributed by atoms with Crippen molar-refractivity contribution in [2.45, 2.75) is 17.9 Å². The molecule has 1 amide bonds. The zero-order valence-corrected chi connectivity index (χ0v) is 27.2. The molecule has 0 unspecified atom stereocenters. The second-order valence-corrected chi connectivity index (χ2v) is 13.6. The van der Waals surface area contributed by atoms with Crippen LogP contribution in [0.15, 0.2) is 130 Å². The van der Waals surface area contributed by atoms with Gasteiger partial charge in [-0.1, -0.05) is 95.7 Å². The molecule has 0 atom stereocenters. The van der Waals surface area contributed by atoms with E-state index in [0.717, 1.165) is 52.7 Å². The van der Waals surface area contributed by atoms with Gasteiger partial charge >= 0.3 is 0 Å². The largest absolute Gasteiger partial charge is 0.372 e. The molecule has 226 valence electrons. The van der Waals surface area contributed by atoms with Crippen molar-refractivity contribution in [1.29, 1.82) is 0 Å². The van der Waals surface area contributed by atoms with E-state index in [2.05, 4.69) is 77.4 Å². The zero-order valence-electron chi connectivity index (χ0n) is 24.8. The number of para-hydroxylation sites is 1. The number of amides is 1. The topological polar surface area (TPSA) is 52.0 Å². The number of halogens is 1. The number of allylic oxidation sites excluding steroid dienone is 1. The van der Waals surface area contributed by atoms with Crippen LogP contribution in [-0.2, 0) is 4.79 Å². The van der Waals surface area contributed by atoms with E-state index in [1.807, 2.05) is 48.5 Å². The summed E-state index contributed by atoms with van der Waals surface area (Å²) < 4.78 is 1.03. The number of nitrogens with zero attached hydrogens (tertiary/aromatic N) is 5. The van der Waals surface area contributed by atoms with Crippen LogP contribution in [0.5, 0.6) is 0 Å². The van der Waals surface area contributed by atoms with Crippen LogP contribution in [0.2, 0.25) is 5.02 Å². The standard InChI is InChI=1S/C36H32ClN5OS2/c1-25(40-20-22-41(23-21-40)34(26-10-4-2-5-11-26)27-12-6-3-7-13-27)33-31(24-44-29-18-16-28(37)17-19-29)39-42(35(33)43)36-38-30-14-8-9-15-32(30)45-36/h2-19,34H,20-24H2,1H3/b33-25-. The SMILES string of the molecule is C/C(=C1/C(=O)N(c2nc3ccccc3s2)N=C1CSc1ccc(Cl)cc1)N1CCN(C(c2ccccc2)c2ccccc2)CC1. The summed E-state index contributed by atoms with van der Waals surface area (Å²) in [5, 5.41) is 7.69. The second kappa shape index (κ2) is 13.2. The lowest BCUT2D eigenvalue weighted by molar-refractivity contribution is -0.114. The normalized spacial score (nSPS) is 17.0. The first kappa shape index (κ1) is 29.7. The Balaban J connectivity index is 1.16. The fraction of sp³-hybridized carbons (Fsp3) is 0.194. The molecule has 1 aromatic heterocycles. The molecule has 45 heavy (non-hydrogen) atoms. The molecule has 0 spiro atoms. The molecule has 2 aliphatic heterocycles. The molecule has 0 aliphatic carbocycles. The first-order valence-electron chi connectivity index (χ1n) is 15.0. The molecule has 7 rings (SSSR count). The highest BCUT2D eigenvalue weighted by molar-refractivity contribution is 8.00. The van der Waals surface area contributed by atoms with Gasteiger partial charge in [0.05, 0.1) is 27.5 Å². The maximum absolute atomic E-state index is 14.1. The molecule has 1 fully saturated rings. The third-order valence-corrected chi connectivity index (χ3v) is 10.6. The van der Waals surface area contributed by atoms with Crippen molar-refractivity contribution >= 4 is 61.7 Å². The molecule has 1 saturated heterocycles. The van der Waals surface area contributed by atoms with E-state index in [1.54, 1.807) is 11.8 Å². The number of benzene rings is 4. The molecule has 2 aliphatic rings. The van der Waals surface area contributed by atoms with Crippen molar-refractivity contribution in [3.8, 4) is 0 Å². The van der Waals surface area contributed by atoms with Crippen molar-refractivity contribution in [2.75, 3.05) is 36.9 Å². The van der Waals surface area contributed by atoms with Gasteiger partial charge in [0.2, 0.25) is 5.13 Å². The monoisotopic (exact) mass is 649 g/mol. The molecule has 6 nitrogen and oxygen atoms in total. The number of hydrazone groups is 1. The first-order chi connectivity index (χ1) is 22.0. The summed E-state index contributed by atoms with van der Waals surface area (Å²) in [6.07, 6.45) is 0. The van der Waals surface area contributed by atoms with Crippen molar-refractivity contribution in [1.82, 2.24) is 14.8 Å². The summed E-state index contributed by atoms with van der Waals surface area (Å²) in [4.78, 5) is 24.9. The van der Waals surface area contributed by atoms with Gasteiger partial charge < -0.3 is 4.90 Å². The fourth-order valence-electron chi connectivity index (χ4n) is 6.03. The highest BCUT2D eigenvalue weighted by Gasteiger charge is 2.37. The smallest absolute Gasteiger partial charge is 0.284 e. The van der Waals surface area contributed by atoms with Crippen LogP contribution in [0.3, 0.4) is 0 Å². The minimum absolute atomic E-state index is 0.118. The Morgan fingerprint density at radius 2 is 1.47 bits per heavy atom. The number of thiazole rings is 1. The molecule has 0 bridgehead atoms. The van der Waals surface area contributed by atoms with E-state index in [4.69, 9.17) is 21.7 Å². The van der Waals surface area contributed by atoms with Crippen molar-refractivity contribution in [3.05, 3.63) is 137 Å². The first-order valence-corrected chi connectivity index (χ1v) is 17.2. The number of piperazine rings is 1. The summed E-state index contributed by atoms with van der Waals surface area (Å²) >= 11 is 9.26. The Bertz CT molecular complexity index is 1790. The molecule has 4 aromatic carbocycles. The average molecular weight is 650 g/mol. The van der Waals surface area contributed by atoms with Gasteiger partial charge in [0.15, 0.2) is 0 Å². The maximum atomic E-state index is 14.1. The van der Waals surface area contributed by atoms with Crippen molar-refractivity contribution in [2.24, 2.45) is 5.10 Å². The molecular weight excluding hydrogens is 618 g/mol. The van der Waals surface area contributed by atoms with Crippen molar-refractivity contribution in [3.63, 3.8) is 0 Å². The summed E-state index contributed by atoms with van der Waals surface area (Å²) in [6.45, 7) is 5.45. The molecule has 0 saturated carbocycles. The number of rotatable bonds is 8. The predicted octanol–water partition coefficient (Wildman–Crippen LogP) is 8.13. The minimum Gasteiger partial charge on any atom is -0.372 e. The second-order valence-electron chi connectivity index (χ2n) is 11.1. The van der Waals surface area contributed by atoms with Crippen LogP contribution in [0, 0.1) is 0 Å². The molecule has 5 aromatic rings. The van der Waals surface area contributed by atoms with Crippen LogP contribution in [0.4, 0.5) is 5.13 Å². The third kappa shape index (κ3) is 6.29. The van der Waals surface area contributed by atoms with Crippen LogP contribution in [0.1, 0.15) is 24.1 Å². The fourth-order valence-corrected chi connectivity index (χ4v) is 7.91. The Hall–Kier alpha value is -3.95. The summed E-state index contributed by atoms with van der Waals surface area (Å²) in [7, 11) is 0. The number of carbonyl (C=O) groups excluding carboxylic acids is 1. The van der Waals surface area contributed by atoms with Gasteiger partial charge in [0, 0.05) is 47.5 Å². The van der Waals surface area contributed by atoms with Crippen LogP contribution in [-0.4, -0.2) is 58.3 Å². The highest BCUT2D eigenvalue weighted by Crippen LogP contribution is 2.35. The highest BCUT2D eigenvalue weighted by atomic mass is 35.5. The van der Waals surface area contributed by atoms with Gasteiger partial charge in [-0.2, -0.15) is 10.1 Å². The lowest BCUT2D eigenvalue weighted by Gasteiger charge is -2.41. The Morgan fingerprint density at radius 1 is 0.844 bits per heavy atom. The number of thioether (sulfide) groups is 1. The van der Waals surface area contributed by atoms with Crippen LogP contribution < -0.4 is 5.01 Å². The quantitative estimate of drug-likeness (QED) is 0.126. The lowest BCUT2D eigenvalue weighted by Crippen LogP contribution is -2.47. The molecule has 3 heterocycles. The Labute approximate surface area is 276 Å². The number of fused-ring (bicyclic) bond motifs is 1. The van der Waals surface area contributed by atoms with E-state index >= 15 is 0 Å². The molecule has 0 N–H and O–H groups in total. The van der Waals surface area contributed by atoms with Gasteiger partial charge in [0.25, 0.3) is 5.91 Å². The van der Waals surface area contributed by atoms with E-state index < -0.39 is 0 Å². The number of aromatic nitrogens is 1. The van der Waals surface area contributed by atoms with Gasteiger partial charge in [-0.05, 0) is 54.4 Å². The molecule has 0 radical (unpaired) electrons. The average Bonchev–Trinajstić information content (AvgIpc) is 3.66. The van der Waals surface area contributed by atoms with Crippen molar-refractivity contribution < 1.29 is 4.79 Å². The van der Waals surface area contributed by atoms with E-state index in [0.29, 0.717) is 21.5 Å². The Kier molecular flexibility index (Phi) is 8.72. The minimum atomic E-state index is -0.118. The molecule has 9 heteroatoms. The van der Waals surface area contributed by atoms with Gasteiger partial charge in [-0.25, -0.2) is 4.98 Å². The van der Waals surface area contributed by atoms with Gasteiger partial charge in [0.1, 0.15) is 0 Å². The predicted molar refractivity (Wildman–Crippen MR) is 187 cm³/mol. The zero-order chi connectivity index (χ0) is 30.8. The maximum Gasteiger partial charge on any atom is 0.284 e. The van der Waals surface area contributed by atoms with E-state index in [1.165, 1.54) is 27.5 Å². The Morgan fingerprint density at radius 3 is 2.11 bits per heavy atom. The van der Waals surface area contributed by atoms with Crippen LogP contribution in [0.25, 0.3) is 10.2 Å². The number of hydrogen-bond acceptors (Lipinski definition) is 7. The summed E-state index contributed by atoms with van der Waals surface area (Å²) in [5.74, 6) is 0.443. The van der Waals surface area contributed by atoms with Gasteiger partial charge in [-0.3, -0.25) is 9.69 Å². The van der Waals surface area contributed by atoms with E-state index in [9.17, 15) is 4.79 Å². The summed E-state index contributed by atoms with van der Waals surface area (Å²) in [5.41, 5.74) is 5.86. The number of carbonyl (C=O) groups is 1. The molecular formula is C36H32ClN5OS2. The third-order valence-electron chi connectivity index (χ3n) is 8.31. The number of anilines is 1. The lowest BCUT2D eigenvalue weighted by atomic mass is 9.96. The van der Waals surface area contributed by atoms with Crippen LogP contribution >= 0.6 is 34.7 Å². The van der Waals surface area contributed by atoms with Gasteiger partial charge in [-0.15, -0.1) is 11.8 Å².